The molecule has 0 spiro atoms. The van der Waals surface area contributed by atoms with E-state index in [1.807, 2.05) is 30.3 Å². The van der Waals surface area contributed by atoms with Crippen molar-refractivity contribution in [2.24, 2.45) is 0 Å². The third-order valence-corrected chi connectivity index (χ3v) is 5.07. The van der Waals surface area contributed by atoms with Crippen molar-refractivity contribution in [3.63, 3.8) is 0 Å². The molecule has 1 aliphatic heterocycles. The number of rotatable bonds is 5. The number of benzene rings is 2. The number of fused-ring (bicyclic) bond motifs is 1. The Morgan fingerprint density at radius 1 is 1.10 bits per heavy atom. The fourth-order valence-electron chi connectivity index (χ4n) is 3.57. The number of amides is 3. The third-order valence-electron chi connectivity index (χ3n) is 5.07. The Kier molecular flexibility index (Phi) is 6.49. The highest BCUT2D eigenvalue weighted by Crippen LogP contribution is 2.32. The average molecular weight is 395 g/mol. The van der Waals surface area contributed by atoms with Crippen molar-refractivity contribution in [3.8, 4) is 0 Å². The molecule has 0 saturated heterocycles. The Morgan fingerprint density at radius 2 is 1.83 bits per heavy atom. The maximum Gasteiger partial charge on any atom is 0.411 e. The highest BCUT2D eigenvalue weighted by atomic mass is 16.5. The van der Waals surface area contributed by atoms with E-state index in [1.54, 1.807) is 24.0 Å². The smallest absolute Gasteiger partial charge is 0.411 e. The Balaban J connectivity index is 1.61. The number of anilines is 1. The number of nitrogens with zero attached hydrogens (tertiary/aromatic N) is 1. The van der Waals surface area contributed by atoms with Gasteiger partial charge in [-0.15, -0.1) is 0 Å². The second-order valence-corrected chi connectivity index (χ2v) is 6.97. The fourth-order valence-corrected chi connectivity index (χ4v) is 3.57. The maximum absolute atomic E-state index is 12.6. The molecule has 2 N–H and O–H groups in total. The quantitative estimate of drug-likeness (QED) is 0.815. The van der Waals surface area contributed by atoms with Gasteiger partial charge in [0.05, 0.1) is 19.6 Å². The van der Waals surface area contributed by atoms with Crippen molar-refractivity contribution >= 4 is 23.6 Å². The number of hydrogen-bond donors (Lipinski definition) is 2. The van der Waals surface area contributed by atoms with Crippen molar-refractivity contribution in [3.05, 3.63) is 65.2 Å². The van der Waals surface area contributed by atoms with Gasteiger partial charge in [-0.1, -0.05) is 36.4 Å². The molecule has 0 aliphatic carbocycles. The minimum atomic E-state index is -0.533. The summed E-state index contributed by atoms with van der Waals surface area (Å²) < 4.78 is 4.55. The standard InChI is InChI=1S/C22H25N3O4/c1-15(26)25-12-11-17-5-3-4-6-19(17)20(25)13-21(27)23-14-16-7-9-18(10-8-16)24-22(28)29-2/h3-10,20H,11-14H2,1-2H3,(H,23,27)(H,24,28). The summed E-state index contributed by atoms with van der Waals surface area (Å²) >= 11 is 0. The number of ether oxygens (including phenoxy) is 1. The number of methoxy groups -OCH3 is 1. The molecule has 7 heteroatoms. The van der Waals surface area contributed by atoms with Gasteiger partial charge in [-0.25, -0.2) is 4.79 Å². The first kappa shape index (κ1) is 20.4. The van der Waals surface area contributed by atoms with Gasteiger partial charge in [0.2, 0.25) is 11.8 Å². The summed E-state index contributed by atoms with van der Waals surface area (Å²) in [5.74, 6) is -0.138. The van der Waals surface area contributed by atoms with Gasteiger partial charge in [-0.3, -0.25) is 14.9 Å². The molecule has 1 atom stereocenters. The highest BCUT2D eigenvalue weighted by Gasteiger charge is 2.30. The summed E-state index contributed by atoms with van der Waals surface area (Å²) in [7, 11) is 1.30. The van der Waals surface area contributed by atoms with E-state index in [9.17, 15) is 14.4 Å². The summed E-state index contributed by atoms with van der Waals surface area (Å²) in [6.07, 6.45) is 0.493. The van der Waals surface area contributed by atoms with E-state index in [2.05, 4.69) is 21.4 Å². The summed E-state index contributed by atoms with van der Waals surface area (Å²) in [6, 6.07) is 14.9. The van der Waals surface area contributed by atoms with Crippen LogP contribution in [0.4, 0.5) is 10.5 Å². The number of nitrogens with one attached hydrogen (secondary N) is 2. The normalized spacial score (nSPS) is 15.2. The lowest BCUT2D eigenvalue weighted by molar-refractivity contribution is -0.133. The molecule has 0 fully saturated rings. The lowest BCUT2D eigenvalue weighted by Gasteiger charge is -2.36. The molecule has 29 heavy (non-hydrogen) atoms. The monoisotopic (exact) mass is 395 g/mol. The van der Waals surface area contributed by atoms with E-state index >= 15 is 0 Å². The van der Waals surface area contributed by atoms with Gasteiger partial charge in [-0.2, -0.15) is 0 Å². The highest BCUT2D eigenvalue weighted by molar-refractivity contribution is 5.84. The topological polar surface area (TPSA) is 87.7 Å². The lowest BCUT2D eigenvalue weighted by Crippen LogP contribution is -2.41. The second kappa shape index (κ2) is 9.23. The predicted octanol–water partition coefficient (Wildman–Crippen LogP) is 3.02. The molecule has 0 aromatic heterocycles. The van der Waals surface area contributed by atoms with E-state index in [0.29, 0.717) is 18.8 Å². The van der Waals surface area contributed by atoms with Gasteiger partial charge < -0.3 is 15.0 Å². The van der Waals surface area contributed by atoms with Gasteiger partial charge in [0, 0.05) is 25.7 Å². The van der Waals surface area contributed by atoms with Crippen LogP contribution in [0, 0.1) is 0 Å². The molecular weight excluding hydrogens is 370 g/mol. The summed E-state index contributed by atoms with van der Waals surface area (Å²) in [5, 5.41) is 5.50. The Labute approximate surface area is 170 Å². The molecule has 7 nitrogen and oxygen atoms in total. The van der Waals surface area contributed by atoms with Gasteiger partial charge in [0.25, 0.3) is 0 Å². The molecule has 1 heterocycles. The molecule has 3 amide bonds. The van der Waals surface area contributed by atoms with Gasteiger partial charge in [-0.05, 0) is 35.2 Å². The molecule has 2 aromatic rings. The second-order valence-electron chi connectivity index (χ2n) is 6.97. The fraction of sp³-hybridized carbons (Fsp3) is 0.318. The zero-order valence-corrected chi connectivity index (χ0v) is 16.6. The van der Waals surface area contributed by atoms with Crippen molar-refractivity contribution in [2.45, 2.75) is 32.4 Å². The minimum Gasteiger partial charge on any atom is -0.453 e. The van der Waals surface area contributed by atoms with E-state index in [0.717, 1.165) is 17.5 Å². The molecular formula is C22H25N3O4. The third kappa shape index (κ3) is 5.13. The van der Waals surface area contributed by atoms with Crippen molar-refractivity contribution in [2.75, 3.05) is 19.0 Å². The van der Waals surface area contributed by atoms with Crippen LogP contribution in [0.1, 0.15) is 36.1 Å². The average Bonchev–Trinajstić information content (AvgIpc) is 2.73. The molecule has 1 unspecified atom stereocenters. The Bertz CT molecular complexity index is 895. The van der Waals surface area contributed by atoms with Crippen LogP contribution in [0.5, 0.6) is 0 Å². The first-order valence-corrected chi connectivity index (χ1v) is 9.53. The van der Waals surface area contributed by atoms with Crippen LogP contribution in [0.15, 0.2) is 48.5 Å². The van der Waals surface area contributed by atoms with Crippen LogP contribution >= 0.6 is 0 Å². The van der Waals surface area contributed by atoms with E-state index < -0.39 is 6.09 Å². The predicted molar refractivity (Wildman–Crippen MR) is 109 cm³/mol. The molecule has 0 radical (unpaired) electrons. The van der Waals surface area contributed by atoms with Crippen LogP contribution in [-0.2, 0) is 27.3 Å². The maximum atomic E-state index is 12.6. The van der Waals surface area contributed by atoms with E-state index in [-0.39, 0.29) is 24.3 Å². The Hall–Kier alpha value is -3.35. The molecule has 1 aliphatic rings. The first-order chi connectivity index (χ1) is 14.0. The number of hydrogen-bond acceptors (Lipinski definition) is 4. The summed E-state index contributed by atoms with van der Waals surface area (Å²) in [4.78, 5) is 37.6. The minimum absolute atomic E-state index is 0.0222. The van der Waals surface area contributed by atoms with E-state index in [1.165, 1.54) is 12.7 Å². The van der Waals surface area contributed by atoms with Crippen molar-refractivity contribution < 1.29 is 19.1 Å². The van der Waals surface area contributed by atoms with Gasteiger partial charge in [0.1, 0.15) is 0 Å². The Morgan fingerprint density at radius 3 is 2.52 bits per heavy atom. The van der Waals surface area contributed by atoms with Crippen LogP contribution in [0.25, 0.3) is 0 Å². The van der Waals surface area contributed by atoms with Gasteiger partial charge in [0.15, 0.2) is 0 Å². The zero-order valence-electron chi connectivity index (χ0n) is 16.6. The molecule has 3 rings (SSSR count). The van der Waals surface area contributed by atoms with Crippen LogP contribution in [0.3, 0.4) is 0 Å². The molecule has 0 saturated carbocycles. The number of carbonyl (C=O) groups excluding carboxylic acids is 3. The molecule has 152 valence electrons. The van der Waals surface area contributed by atoms with Crippen LogP contribution in [-0.4, -0.2) is 36.5 Å². The van der Waals surface area contributed by atoms with Gasteiger partial charge >= 0.3 is 6.09 Å². The zero-order chi connectivity index (χ0) is 20.8. The summed E-state index contributed by atoms with van der Waals surface area (Å²) in [5.41, 5.74) is 3.75. The lowest BCUT2D eigenvalue weighted by atomic mass is 9.90. The number of carbonyl (C=O) groups is 3. The van der Waals surface area contributed by atoms with Crippen molar-refractivity contribution in [1.29, 1.82) is 0 Å². The van der Waals surface area contributed by atoms with Crippen molar-refractivity contribution in [1.82, 2.24) is 10.2 Å². The first-order valence-electron chi connectivity index (χ1n) is 9.53. The SMILES string of the molecule is COC(=O)Nc1ccc(CNC(=O)CC2c3ccccc3CCN2C(C)=O)cc1. The van der Waals surface area contributed by atoms with Crippen LogP contribution in [0.2, 0.25) is 0 Å². The molecule has 0 bridgehead atoms. The molecule has 2 aromatic carbocycles. The summed E-state index contributed by atoms with van der Waals surface area (Å²) in [6.45, 7) is 2.54. The van der Waals surface area contributed by atoms with Crippen LogP contribution < -0.4 is 10.6 Å². The van der Waals surface area contributed by atoms with E-state index in [4.69, 9.17) is 0 Å². The largest absolute Gasteiger partial charge is 0.453 e.